The Morgan fingerprint density at radius 2 is 2.00 bits per heavy atom. The topological polar surface area (TPSA) is 41.5 Å². The lowest BCUT2D eigenvalue weighted by Gasteiger charge is -2.22. The molecule has 3 nitrogen and oxygen atoms in total. The molecule has 0 aromatic heterocycles. The van der Waals surface area contributed by atoms with Crippen LogP contribution in [0.15, 0.2) is 0 Å². The van der Waals surface area contributed by atoms with Crippen LogP contribution in [0.5, 0.6) is 0 Å². The molecule has 88 valence electrons. The van der Waals surface area contributed by atoms with Crippen LogP contribution >= 0.6 is 0 Å². The summed E-state index contributed by atoms with van der Waals surface area (Å²) in [7, 11) is 0. The largest absolute Gasteiger partial charge is 0.389 e. The highest BCUT2D eigenvalue weighted by molar-refractivity contribution is 4.86. The first-order chi connectivity index (χ1) is 7.29. The molecule has 0 aliphatic heterocycles. The third-order valence-corrected chi connectivity index (χ3v) is 3.46. The molecule has 0 spiro atoms. The second-order valence-corrected chi connectivity index (χ2v) is 5.13. The Labute approximate surface area is 92.2 Å². The molecule has 0 atom stereocenters. The van der Waals surface area contributed by atoms with Crippen molar-refractivity contribution in [3.8, 4) is 0 Å². The molecule has 2 aliphatic rings. The average Bonchev–Trinajstić information content (AvgIpc) is 2.95. The van der Waals surface area contributed by atoms with Gasteiger partial charge in [-0.15, -0.1) is 0 Å². The van der Waals surface area contributed by atoms with E-state index in [0.717, 1.165) is 45.1 Å². The van der Waals surface area contributed by atoms with Gasteiger partial charge < -0.3 is 15.2 Å². The van der Waals surface area contributed by atoms with Gasteiger partial charge in [-0.25, -0.2) is 0 Å². The van der Waals surface area contributed by atoms with Crippen LogP contribution < -0.4 is 5.32 Å². The van der Waals surface area contributed by atoms with E-state index in [-0.39, 0.29) is 0 Å². The highest BCUT2D eigenvalue weighted by atomic mass is 16.5. The maximum absolute atomic E-state index is 10.0. The molecule has 0 unspecified atom stereocenters. The van der Waals surface area contributed by atoms with Crippen LogP contribution in [0.1, 0.15) is 38.5 Å². The summed E-state index contributed by atoms with van der Waals surface area (Å²) >= 11 is 0. The van der Waals surface area contributed by atoms with Gasteiger partial charge in [0, 0.05) is 19.7 Å². The van der Waals surface area contributed by atoms with Gasteiger partial charge in [-0.1, -0.05) is 12.8 Å². The number of nitrogens with one attached hydrogen (secondary N) is 1. The zero-order chi connectivity index (χ0) is 10.6. The molecule has 0 radical (unpaired) electrons. The minimum atomic E-state index is -0.420. The molecule has 0 aromatic rings. The lowest BCUT2D eigenvalue weighted by atomic mass is 10.0. The first-order valence-electron chi connectivity index (χ1n) is 6.29. The summed E-state index contributed by atoms with van der Waals surface area (Å²) in [5, 5.41) is 13.3. The maximum atomic E-state index is 10.0. The van der Waals surface area contributed by atoms with Crippen LogP contribution in [0.25, 0.3) is 0 Å². The van der Waals surface area contributed by atoms with Crippen molar-refractivity contribution >= 4 is 0 Å². The van der Waals surface area contributed by atoms with Crippen molar-refractivity contribution in [2.75, 3.05) is 26.3 Å². The standard InChI is InChI=1S/C12H23NO2/c14-12(5-1-2-6-12)10-13-7-8-15-9-11-3-4-11/h11,13-14H,1-10H2. The van der Waals surface area contributed by atoms with Gasteiger partial charge in [-0.2, -0.15) is 0 Å². The van der Waals surface area contributed by atoms with E-state index in [1.807, 2.05) is 0 Å². The molecule has 2 N–H and O–H groups in total. The molecule has 2 aliphatic carbocycles. The Bertz CT molecular complexity index is 186. The van der Waals surface area contributed by atoms with Crippen molar-refractivity contribution in [1.29, 1.82) is 0 Å². The lowest BCUT2D eigenvalue weighted by Crippen LogP contribution is -2.39. The van der Waals surface area contributed by atoms with Gasteiger partial charge in [0.05, 0.1) is 12.2 Å². The Morgan fingerprint density at radius 1 is 1.27 bits per heavy atom. The smallest absolute Gasteiger partial charge is 0.0771 e. The summed E-state index contributed by atoms with van der Waals surface area (Å²) in [6.07, 6.45) is 6.99. The van der Waals surface area contributed by atoms with Crippen LogP contribution in [-0.2, 0) is 4.74 Å². The highest BCUT2D eigenvalue weighted by Crippen LogP contribution is 2.29. The third-order valence-electron chi connectivity index (χ3n) is 3.46. The molecule has 2 saturated carbocycles. The van der Waals surface area contributed by atoms with E-state index >= 15 is 0 Å². The molecular weight excluding hydrogens is 190 g/mol. The Balaban J connectivity index is 1.43. The molecule has 2 rings (SSSR count). The van der Waals surface area contributed by atoms with Crippen LogP contribution in [-0.4, -0.2) is 37.0 Å². The monoisotopic (exact) mass is 213 g/mol. The van der Waals surface area contributed by atoms with Gasteiger partial charge in [-0.3, -0.25) is 0 Å². The van der Waals surface area contributed by atoms with Gasteiger partial charge >= 0.3 is 0 Å². The lowest BCUT2D eigenvalue weighted by molar-refractivity contribution is 0.0444. The summed E-state index contributed by atoms with van der Waals surface area (Å²) in [6.45, 7) is 3.33. The SMILES string of the molecule is OC1(CNCCOCC2CC2)CCCC1. The van der Waals surface area contributed by atoms with Crippen LogP contribution in [0.3, 0.4) is 0 Å². The molecule has 2 fully saturated rings. The second-order valence-electron chi connectivity index (χ2n) is 5.13. The first kappa shape index (κ1) is 11.4. The van der Waals surface area contributed by atoms with Gasteiger partial charge in [0.25, 0.3) is 0 Å². The summed E-state index contributed by atoms with van der Waals surface area (Å²) in [5.41, 5.74) is -0.420. The summed E-state index contributed by atoms with van der Waals surface area (Å²) in [5.74, 6) is 0.851. The van der Waals surface area contributed by atoms with Crippen molar-refractivity contribution in [2.45, 2.75) is 44.1 Å². The molecular formula is C12H23NO2. The van der Waals surface area contributed by atoms with E-state index in [1.54, 1.807) is 0 Å². The second kappa shape index (κ2) is 5.28. The number of rotatable bonds is 7. The summed E-state index contributed by atoms with van der Waals surface area (Å²) in [4.78, 5) is 0. The van der Waals surface area contributed by atoms with Crippen LogP contribution in [0.2, 0.25) is 0 Å². The maximum Gasteiger partial charge on any atom is 0.0771 e. The van der Waals surface area contributed by atoms with Gasteiger partial charge in [0.1, 0.15) is 0 Å². The Morgan fingerprint density at radius 3 is 2.67 bits per heavy atom. The minimum absolute atomic E-state index is 0.420. The molecule has 0 heterocycles. The number of hydrogen-bond acceptors (Lipinski definition) is 3. The Kier molecular flexibility index (Phi) is 4.00. The predicted octanol–water partition coefficient (Wildman–Crippen LogP) is 1.31. The van der Waals surface area contributed by atoms with Crippen molar-refractivity contribution < 1.29 is 9.84 Å². The number of hydrogen-bond donors (Lipinski definition) is 2. The van der Waals surface area contributed by atoms with Crippen molar-refractivity contribution in [3.63, 3.8) is 0 Å². The van der Waals surface area contributed by atoms with Crippen molar-refractivity contribution in [3.05, 3.63) is 0 Å². The summed E-state index contributed by atoms with van der Waals surface area (Å²) < 4.78 is 5.51. The van der Waals surface area contributed by atoms with Crippen LogP contribution in [0, 0.1) is 5.92 Å². The molecule has 0 bridgehead atoms. The minimum Gasteiger partial charge on any atom is -0.389 e. The van der Waals surface area contributed by atoms with Crippen molar-refractivity contribution in [1.82, 2.24) is 5.32 Å². The third kappa shape index (κ3) is 4.09. The fourth-order valence-electron chi connectivity index (χ4n) is 2.21. The number of ether oxygens (including phenoxy) is 1. The average molecular weight is 213 g/mol. The van der Waals surface area contributed by atoms with Gasteiger partial charge in [-0.05, 0) is 31.6 Å². The fourth-order valence-corrected chi connectivity index (χ4v) is 2.21. The van der Waals surface area contributed by atoms with E-state index in [1.165, 1.54) is 25.7 Å². The first-order valence-corrected chi connectivity index (χ1v) is 6.29. The number of aliphatic hydroxyl groups is 1. The zero-order valence-corrected chi connectivity index (χ0v) is 9.50. The van der Waals surface area contributed by atoms with E-state index in [4.69, 9.17) is 4.74 Å². The van der Waals surface area contributed by atoms with E-state index in [0.29, 0.717) is 0 Å². The predicted molar refractivity (Wildman–Crippen MR) is 59.8 cm³/mol. The van der Waals surface area contributed by atoms with Crippen LogP contribution in [0.4, 0.5) is 0 Å². The highest BCUT2D eigenvalue weighted by Gasteiger charge is 2.30. The molecule has 0 aromatic carbocycles. The van der Waals surface area contributed by atoms with E-state index in [9.17, 15) is 5.11 Å². The molecule has 0 saturated heterocycles. The quantitative estimate of drug-likeness (QED) is 0.626. The van der Waals surface area contributed by atoms with E-state index < -0.39 is 5.60 Å². The zero-order valence-electron chi connectivity index (χ0n) is 9.50. The molecule has 0 amide bonds. The van der Waals surface area contributed by atoms with E-state index in [2.05, 4.69) is 5.32 Å². The summed E-state index contributed by atoms with van der Waals surface area (Å²) in [6, 6.07) is 0. The van der Waals surface area contributed by atoms with Gasteiger partial charge in [0.2, 0.25) is 0 Å². The Hall–Kier alpha value is -0.120. The molecule has 15 heavy (non-hydrogen) atoms. The van der Waals surface area contributed by atoms with Crippen molar-refractivity contribution in [2.24, 2.45) is 5.92 Å². The fraction of sp³-hybridized carbons (Fsp3) is 1.00. The molecule has 3 heteroatoms. The van der Waals surface area contributed by atoms with Gasteiger partial charge in [0.15, 0.2) is 0 Å². The normalized spacial score (nSPS) is 24.6.